The van der Waals surface area contributed by atoms with Gasteiger partial charge in [0.05, 0.1) is 16.0 Å². The van der Waals surface area contributed by atoms with E-state index in [1.807, 2.05) is 47.8 Å². The summed E-state index contributed by atoms with van der Waals surface area (Å²) < 4.78 is 19.8. The van der Waals surface area contributed by atoms with Gasteiger partial charge in [-0.15, -0.1) is 23.5 Å². The molecule has 0 radical (unpaired) electrons. The number of ether oxygens (including phenoxy) is 1. The van der Waals surface area contributed by atoms with Crippen molar-refractivity contribution >= 4 is 46.7 Å². The van der Waals surface area contributed by atoms with Crippen molar-refractivity contribution in [2.24, 2.45) is 0 Å². The van der Waals surface area contributed by atoms with E-state index in [1.54, 1.807) is 18.2 Å². The smallest absolute Gasteiger partial charge is 0.274 e. The second-order valence-corrected chi connectivity index (χ2v) is 9.92. The van der Waals surface area contributed by atoms with Crippen molar-refractivity contribution in [3.63, 3.8) is 0 Å². The largest absolute Gasteiger partial charge is 0.484 e. The summed E-state index contributed by atoms with van der Waals surface area (Å²) in [7, 11) is 0. The summed E-state index contributed by atoms with van der Waals surface area (Å²) in [6, 6.07) is 16.4. The minimum Gasteiger partial charge on any atom is -0.484 e. The Kier molecular flexibility index (Phi) is 7.85. The molecule has 1 saturated heterocycles. The van der Waals surface area contributed by atoms with E-state index in [4.69, 9.17) is 4.74 Å². The van der Waals surface area contributed by atoms with Gasteiger partial charge in [0, 0.05) is 6.20 Å². The number of rotatable bonds is 7. The number of aromatic nitrogens is 1. The molecule has 2 heterocycles. The Balaban J connectivity index is 1.35. The maximum Gasteiger partial charge on any atom is 0.274 e. The fourth-order valence-electron chi connectivity index (χ4n) is 3.15. The van der Waals surface area contributed by atoms with Crippen LogP contribution in [0.1, 0.15) is 27.1 Å². The maximum atomic E-state index is 13.8. The molecule has 1 aliphatic heterocycles. The lowest BCUT2D eigenvalue weighted by Gasteiger charge is -2.21. The minimum absolute atomic E-state index is 0.134. The van der Waals surface area contributed by atoms with Crippen molar-refractivity contribution in [1.82, 2.24) is 4.98 Å². The van der Waals surface area contributed by atoms with Crippen molar-refractivity contribution in [3.05, 3.63) is 83.9 Å². The zero-order valence-electron chi connectivity index (χ0n) is 17.6. The van der Waals surface area contributed by atoms with Gasteiger partial charge in [-0.2, -0.15) is 0 Å². The first kappa shape index (κ1) is 23.1. The molecule has 0 bridgehead atoms. The van der Waals surface area contributed by atoms with E-state index < -0.39 is 17.6 Å². The highest BCUT2D eigenvalue weighted by molar-refractivity contribution is 8.16. The zero-order valence-corrected chi connectivity index (χ0v) is 19.3. The predicted octanol–water partition coefficient (Wildman–Crippen LogP) is 5.36. The molecule has 4 rings (SSSR count). The number of halogens is 1. The SMILES string of the molecule is O=C(COc1ccc(C2SCCCS2)cc1)Nc1cc(F)ccc1NC(=O)c1ccccn1. The lowest BCUT2D eigenvalue weighted by Crippen LogP contribution is -2.22. The molecule has 2 N–H and O–H groups in total. The molecule has 9 heteroatoms. The molecule has 0 unspecified atom stereocenters. The molecule has 3 aromatic rings. The average Bonchev–Trinajstić information content (AvgIpc) is 2.86. The van der Waals surface area contributed by atoms with Crippen LogP contribution in [0, 0.1) is 5.82 Å². The third-order valence-electron chi connectivity index (χ3n) is 4.75. The Morgan fingerprint density at radius 2 is 1.79 bits per heavy atom. The number of amides is 2. The molecule has 6 nitrogen and oxygen atoms in total. The Morgan fingerprint density at radius 3 is 2.52 bits per heavy atom. The van der Waals surface area contributed by atoms with Crippen LogP contribution < -0.4 is 15.4 Å². The van der Waals surface area contributed by atoms with E-state index >= 15 is 0 Å². The topological polar surface area (TPSA) is 80.3 Å². The number of hydrogen-bond acceptors (Lipinski definition) is 6. The molecule has 2 aromatic carbocycles. The number of hydrogen-bond donors (Lipinski definition) is 2. The number of benzene rings is 2. The Bertz CT molecular complexity index is 1110. The highest BCUT2D eigenvalue weighted by atomic mass is 32.2. The molecule has 170 valence electrons. The van der Waals surface area contributed by atoms with Crippen LogP contribution in [0.25, 0.3) is 0 Å². The standard InChI is InChI=1S/C24H22FN3O3S2/c25-17-7-10-19(28-23(30)20-4-1-2-11-26-20)21(14-17)27-22(29)15-31-18-8-5-16(6-9-18)24-32-12-3-13-33-24/h1-2,4-11,14,24H,3,12-13,15H2,(H,27,29)(H,28,30). The third-order valence-corrected chi connectivity index (χ3v) is 7.77. The number of nitrogens with zero attached hydrogens (tertiary/aromatic N) is 1. The number of anilines is 2. The van der Waals surface area contributed by atoms with Crippen LogP contribution in [0.2, 0.25) is 0 Å². The Morgan fingerprint density at radius 1 is 1.00 bits per heavy atom. The summed E-state index contributed by atoms with van der Waals surface area (Å²) in [5, 5.41) is 5.24. The van der Waals surface area contributed by atoms with E-state index in [0.29, 0.717) is 10.3 Å². The number of carbonyl (C=O) groups is 2. The summed E-state index contributed by atoms with van der Waals surface area (Å²) >= 11 is 3.88. The first-order chi connectivity index (χ1) is 16.1. The molecule has 0 atom stereocenters. The van der Waals surface area contributed by atoms with Crippen LogP contribution in [0.3, 0.4) is 0 Å². The molecule has 1 aliphatic rings. The minimum atomic E-state index is -0.545. The van der Waals surface area contributed by atoms with Crippen molar-refractivity contribution in [3.8, 4) is 5.75 Å². The van der Waals surface area contributed by atoms with Crippen molar-refractivity contribution in [2.75, 3.05) is 28.7 Å². The van der Waals surface area contributed by atoms with Gasteiger partial charge in [-0.25, -0.2) is 4.39 Å². The van der Waals surface area contributed by atoms with Crippen LogP contribution >= 0.6 is 23.5 Å². The predicted molar refractivity (Wildman–Crippen MR) is 131 cm³/mol. The average molecular weight is 484 g/mol. The van der Waals surface area contributed by atoms with Gasteiger partial charge in [-0.3, -0.25) is 14.6 Å². The maximum absolute atomic E-state index is 13.8. The van der Waals surface area contributed by atoms with Crippen molar-refractivity contribution in [2.45, 2.75) is 11.0 Å². The van der Waals surface area contributed by atoms with Gasteiger partial charge in [0.25, 0.3) is 11.8 Å². The highest BCUT2D eigenvalue weighted by Crippen LogP contribution is 2.43. The fourth-order valence-corrected chi connectivity index (χ4v) is 6.04. The van der Waals surface area contributed by atoms with Gasteiger partial charge in [-0.1, -0.05) is 18.2 Å². The van der Waals surface area contributed by atoms with Gasteiger partial charge in [-0.05, 0) is 66.0 Å². The molecule has 33 heavy (non-hydrogen) atoms. The lowest BCUT2D eigenvalue weighted by molar-refractivity contribution is -0.118. The molecule has 0 saturated carbocycles. The third kappa shape index (κ3) is 6.49. The summed E-state index contributed by atoms with van der Waals surface area (Å²) in [6.45, 7) is -0.254. The van der Waals surface area contributed by atoms with Gasteiger partial charge >= 0.3 is 0 Å². The van der Waals surface area contributed by atoms with Gasteiger partial charge in [0.15, 0.2) is 6.61 Å². The number of nitrogens with one attached hydrogen (secondary N) is 2. The molecule has 1 aromatic heterocycles. The summed E-state index contributed by atoms with van der Waals surface area (Å²) in [4.78, 5) is 28.8. The first-order valence-electron chi connectivity index (χ1n) is 10.4. The van der Waals surface area contributed by atoms with E-state index in [9.17, 15) is 14.0 Å². The van der Waals surface area contributed by atoms with Crippen LogP contribution in [0.5, 0.6) is 5.75 Å². The van der Waals surface area contributed by atoms with Crippen molar-refractivity contribution in [1.29, 1.82) is 0 Å². The number of thioether (sulfide) groups is 2. The quantitative estimate of drug-likeness (QED) is 0.471. The van der Waals surface area contributed by atoms with Crippen molar-refractivity contribution < 1.29 is 18.7 Å². The van der Waals surface area contributed by atoms with Gasteiger partial charge in [0.2, 0.25) is 0 Å². The van der Waals surface area contributed by atoms with E-state index in [1.165, 1.54) is 41.8 Å². The molecular formula is C24H22FN3O3S2. The van der Waals surface area contributed by atoms with E-state index in [0.717, 1.165) is 6.07 Å². The first-order valence-corrected chi connectivity index (χ1v) is 12.5. The normalized spacial score (nSPS) is 13.8. The fraction of sp³-hybridized carbons (Fsp3) is 0.208. The molecule has 1 fully saturated rings. The van der Waals surface area contributed by atoms with Crippen LogP contribution in [0.4, 0.5) is 15.8 Å². The zero-order chi connectivity index (χ0) is 23.0. The number of pyridine rings is 1. The van der Waals surface area contributed by atoms with E-state index in [2.05, 4.69) is 15.6 Å². The molecule has 0 spiro atoms. The number of carbonyl (C=O) groups excluding carboxylic acids is 2. The summed E-state index contributed by atoms with van der Waals surface area (Å²) in [5.41, 5.74) is 1.83. The van der Waals surface area contributed by atoms with Gasteiger partial charge in [0.1, 0.15) is 17.3 Å². The molecule has 0 aliphatic carbocycles. The Hall–Kier alpha value is -3.04. The Labute approximate surface area is 199 Å². The monoisotopic (exact) mass is 483 g/mol. The lowest BCUT2D eigenvalue weighted by atomic mass is 10.2. The van der Waals surface area contributed by atoms with Gasteiger partial charge < -0.3 is 15.4 Å². The summed E-state index contributed by atoms with van der Waals surface area (Å²) in [5.74, 6) is 1.42. The summed E-state index contributed by atoms with van der Waals surface area (Å²) in [6.07, 6.45) is 2.74. The molecular weight excluding hydrogens is 461 g/mol. The second-order valence-electron chi connectivity index (χ2n) is 7.19. The van der Waals surface area contributed by atoms with Crippen LogP contribution in [-0.2, 0) is 4.79 Å². The van der Waals surface area contributed by atoms with E-state index in [-0.39, 0.29) is 23.7 Å². The van der Waals surface area contributed by atoms with Crippen LogP contribution in [0.15, 0.2) is 66.9 Å². The second kappa shape index (κ2) is 11.2. The van der Waals surface area contributed by atoms with Crippen LogP contribution in [-0.4, -0.2) is 34.9 Å². The highest BCUT2D eigenvalue weighted by Gasteiger charge is 2.17. The molecule has 2 amide bonds.